The lowest BCUT2D eigenvalue weighted by atomic mass is 10.0. The molecule has 0 aliphatic heterocycles. The van der Waals surface area contributed by atoms with Crippen LogP contribution < -0.4 is 4.74 Å². The number of H-pyrrole nitrogens is 1. The maximum atomic E-state index is 9.97. The Morgan fingerprint density at radius 2 is 2.00 bits per heavy atom. The molecule has 0 aliphatic rings. The van der Waals surface area contributed by atoms with Crippen molar-refractivity contribution in [1.29, 1.82) is 0 Å². The molecule has 1 heterocycles. The zero-order chi connectivity index (χ0) is 12.5. The summed E-state index contributed by atoms with van der Waals surface area (Å²) in [4.78, 5) is 0. The van der Waals surface area contributed by atoms with E-state index in [2.05, 4.69) is 15.4 Å². The van der Waals surface area contributed by atoms with Crippen LogP contribution in [0.4, 0.5) is 0 Å². The third-order valence-corrected chi connectivity index (χ3v) is 2.84. The van der Waals surface area contributed by atoms with Gasteiger partial charge in [0.1, 0.15) is 22.5 Å². The average Bonchev–Trinajstić information content (AvgIpc) is 2.87. The Labute approximate surface area is 103 Å². The number of phenolic OH excluding ortho intramolecular Hbond substituents is 1. The number of aromatic hydroxyl groups is 1. The smallest absolute Gasteiger partial charge is 0.123 e. The maximum absolute atomic E-state index is 9.97. The molecule has 0 amide bonds. The van der Waals surface area contributed by atoms with Crippen molar-refractivity contribution in [2.75, 3.05) is 7.11 Å². The summed E-state index contributed by atoms with van der Waals surface area (Å²) in [6.07, 6.45) is 0. The van der Waals surface area contributed by atoms with E-state index in [4.69, 9.17) is 4.74 Å². The summed E-state index contributed by atoms with van der Waals surface area (Å²) in [5.41, 5.74) is 2.97. The lowest BCUT2D eigenvalue weighted by Gasteiger charge is -2.07. The van der Waals surface area contributed by atoms with Crippen LogP contribution >= 0.6 is 0 Å². The molecular weight excluding hydrogens is 230 g/mol. The molecule has 0 saturated carbocycles. The number of benzene rings is 2. The van der Waals surface area contributed by atoms with Gasteiger partial charge in [-0.05, 0) is 24.3 Å². The van der Waals surface area contributed by atoms with E-state index >= 15 is 0 Å². The third kappa shape index (κ3) is 1.57. The summed E-state index contributed by atoms with van der Waals surface area (Å²) in [7, 11) is 1.59. The number of methoxy groups -OCH3 is 1. The number of aromatic amines is 1. The lowest BCUT2D eigenvalue weighted by molar-refractivity contribution is 0.412. The fraction of sp³-hybridized carbons (Fsp3) is 0.0769. The number of para-hydroxylation sites is 1. The van der Waals surface area contributed by atoms with Crippen LogP contribution in [0.1, 0.15) is 0 Å². The van der Waals surface area contributed by atoms with E-state index in [-0.39, 0.29) is 5.75 Å². The second kappa shape index (κ2) is 4.03. The number of nitrogens with zero attached hydrogens (tertiary/aromatic N) is 2. The summed E-state index contributed by atoms with van der Waals surface area (Å²) >= 11 is 0. The standard InChI is InChI=1S/C13H11N3O2/c1-18-8-5-6-12(17)10(7-8)9-3-2-4-11-13(9)15-16-14-11/h2-7,17H,1H3,(H,14,15,16). The van der Waals surface area contributed by atoms with Crippen LogP contribution in [-0.4, -0.2) is 27.6 Å². The Morgan fingerprint density at radius 3 is 2.83 bits per heavy atom. The zero-order valence-corrected chi connectivity index (χ0v) is 9.71. The first-order chi connectivity index (χ1) is 8.79. The van der Waals surface area contributed by atoms with Crippen LogP contribution in [0.2, 0.25) is 0 Å². The number of hydrogen-bond acceptors (Lipinski definition) is 4. The van der Waals surface area contributed by atoms with Gasteiger partial charge in [0.05, 0.1) is 7.11 Å². The highest BCUT2D eigenvalue weighted by Gasteiger charge is 2.11. The number of aromatic nitrogens is 3. The maximum Gasteiger partial charge on any atom is 0.123 e. The van der Waals surface area contributed by atoms with Crippen molar-refractivity contribution in [2.24, 2.45) is 0 Å². The van der Waals surface area contributed by atoms with Gasteiger partial charge in [0.25, 0.3) is 0 Å². The summed E-state index contributed by atoms with van der Waals surface area (Å²) in [6, 6.07) is 10.7. The molecule has 0 spiro atoms. The Bertz CT molecular complexity index is 706. The summed E-state index contributed by atoms with van der Waals surface area (Å²) < 4.78 is 5.17. The number of nitrogens with one attached hydrogen (secondary N) is 1. The predicted octanol–water partition coefficient (Wildman–Crippen LogP) is 2.34. The fourth-order valence-corrected chi connectivity index (χ4v) is 1.94. The molecule has 0 radical (unpaired) electrons. The second-order valence-electron chi connectivity index (χ2n) is 3.88. The summed E-state index contributed by atoms with van der Waals surface area (Å²) in [6.45, 7) is 0. The van der Waals surface area contributed by atoms with Gasteiger partial charge in [-0.2, -0.15) is 15.4 Å². The second-order valence-corrected chi connectivity index (χ2v) is 3.88. The van der Waals surface area contributed by atoms with E-state index in [0.717, 1.165) is 16.6 Å². The topological polar surface area (TPSA) is 71.0 Å². The Balaban J connectivity index is 2.28. The van der Waals surface area contributed by atoms with Gasteiger partial charge in [0.2, 0.25) is 0 Å². The van der Waals surface area contributed by atoms with Crippen molar-refractivity contribution >= 4 is 11.0 Å². The molecule has 2 aromatic carbocycles. The first-order valence-electron chi connectivity index (χ1n) is 5.46. The van der Waals surface area contributed by atoms with Crippen LogP contribution in [-0.2, 0) is 0 Å². The lowest BCUT2D eigenvalue weighted by Crippen LogP contribution is -1.86. The quantitative estimate of drug-likeness (QED) is 0.722. The van der Waals surface area contributed by atoms with Gasteiger partial charge >= 0.3 is 0 Å². The Morgan fingerprint density at radius 1 is 1.11 bits per heavy atom. The SMILES string of the molecule is COc1ccc(O)c(-c2cccc3n[nH]nc23)c1. The largest absolute Gasteiger partial charge is 0.507 e. The van der Waals surface area contributed by atoms with Gasteiger partial charge in [-0.1, -0.05) is 12.1 Å². The fourth-order valence-electron chi connectivity index (χ4n) is 1.94. The van der Waals surface area contributed by atoms with Crippen LogP contribution in [0.25, 0.3) is 22.2 Å². The monoisotopic (exact) mass is 241 g/mol. The summed E-state index contributed by atoms with van der Waals surface area (Å²) in [5, 5.41) is 20.7. The highest BCUT2D eigenvalue weighted by atomic mass is 16.5. The molecule has 90 valence electrons. The molecule has 2 N–H and O–H groups in total. The van der Waals surface area contributed by atoms with Gasteiger partial charge in [0.15, 0.2) is 0 Å². The van der Waals surface area contributed by atoms with Crippen LogP contribution in [0, 0.1) is 0 Å². The minimum absolute atomic E-state index is 0.186. The van der Waals surface area contributed by atoms with Crippen molar-refractivity contribution in [1.82, 2.24) is 15.4 Å². The zero-order valence-electron chi connectivity index (χ0n) is 9.71. The molecule has 5 heteroatoms. The number of phenols is 1. The molecule has 0 atom stereocenters. The predicted molar refractivity (Wildman–Crippen MR) is 67.5 cm³/mol. The van der Waals surface area contributed by atoms with E-state index in [9.17, 15) is 5.11 Å². The van der Waals surface area contributed by atoms with Gasteiger partial charge in [-0.25, -0.2) is 0 Å². The molecule has 0 unspecified atom stereocenters. The molecule has 1 aromatic heterocycles. The van der Waals surface area contributed by atoms with E-state index in [1.165, 1.54) is 0 Å². The first-order valence-corrected chi connectivity index (χ1v) is 5.46. The number of ether oxygens (including phenoxy) is 1. The van der Waals surface area contributed by atoms with Crippen molar-refractivity contribution in [3.63, 3.8) is 0 Å². The molecule has 5 nitrogen and oxygen atoms in total. The Hall–Kier alpha value is -2.56. The van der Waals surface area contributed by atoms with Crippen molar-refractivity contribution in [3.05, 3.63) is 36.4 Å². The van der Waals surface area contributed by atoms with Crippen molar-refractivity contribution < 1.29 is 9.84 Å². The van der Waals surface area contributed by atoms with Crippen LogP contribution in [0.15, 0.2) is 36.4 Å². The van der Waals surface area contributed by atoms with E-state index < -0.39 is 0 Å². The van der Waals surface area contributed by atoms with E-state index in [0.29, 0.717) is 11.3 Å². The Kier molecular flexibility index (Phi) is 2.37. The van der Waals surface area contributed by atoms with Gasteiger partial charge in [-0.15, -0.1) is 0 Å². The molecule has 18 heavy (non-hydrogen) atoms. The molecule has 3 aromatic rings. The van der Waals surface area contributed by atoms with Crippen molar-refractivity contribution in [3.8, 4) is 22.6 Å². The minimum atomic E-state index is 0.186. The molecule has 0 aliphatic carbocycles. The van der Waals surface area contributed by atoms with Gasteiger partial charge < -0.3 is 9.84 Å². The van der Waals surface area contributed by atoms with Crippen LogP contribution in [0.5, 0.6) is 11.5 Å². The van der Waals surface area contributed by atoms with Crippen LogP contribution in [0.3, 0.4) is 0 Å². The van der Waals surface area contributed by atoms with E-state index in [1.807, 2.05) is 18.2 Å². The van der Waals surface area contributed by atoms with Gasteiger partial charge in [0, 0.05) is 11.1 Å². The van der Waals surface area contributed by atoms with Crippen molar-refractivity contribution in [2.45, 2.75) is 0 Å². The average molecular weight is 241 g/mol. The normalized spacial score (nSPS) is 10.7. The highest BCUT2D eigenvalue weighted by Crippen LogP contribution is 2.35. The van der Waals surface area contributed by atoms with E-state index in [1.54, 1.807) is 25.3 Å². The molecule has 0 bridgehead atoms. The number of hydrogen-bond donors (Lipinski definition) is 2. The molecule has 0 saturated heterocycles. The molecule has 3 rings (SSSR count). The molecule has 0 fully saturated rings. The highest BCUT2D eigenvalue weighted by molar-refractivity contribution is 5.93. The number of rotatable bonds is 2. The summed E-state index contributed by atoms with van der Waals surface area (Å²) in [5.74, 6) is 0.870. The third-order valence-electron chi connectivity index (χ3n) is 2.84. The first kappa shape index (κ1) is 10.6. The number of fused-ring (bicyclic) bond motifs is 1. The van der Waals surface area contributed by atoms with Gasteiger partial charge in [-0.3, -0.25) is 0 Å². The molecular formula is C13H11N3O2. The minimum Gasteiger partial charge on any atom is -0.507 e.